The molecule has 6 heteroatoms. The van der Waals surface area contributed by atoms with E-state index in [1.54, 1.807) is 23.6 Å². The average molecular weight is 238 g/mol. The van der Waals surface area contributed by atoms with Crippen LogP contribution in [0.3, 0.4) is 0 Å². The highest BCUT2D eigenvalue weighted by atomic mass is 16.5. The minimum Gasteiger partial charge on any atom is -0.395 e. The largest absolute Gasteiger partial charge is 0.395 e. The lowest BCUT2D eigenvalue weighted by molar-refractivity contribution is 0.0731. The highest BCUT2D eigenvalue weighted by Crippen LogP contribution is 2.18. The van der Waals surface area contributed by atoms with E-state index in [9.17, 15) is 4.79 Å². The molecule has 1 aliphatic heterocycles. The molecule has 0 spiro atoms. The first kappa shape index (κ1) is 11.9. The Balaban J connectivity index is 2.23. The van der Waals surface area contributed by atoms with Crippen molar-refractivity contribution in [2.45, 2.75) is 13.3 Å². The van der Waals surface area contributed by atoms with E-state index in [1.807, 2.05) is 0 Å². The zero-order valence-electron chi connectivity index (χ0n) is 10.3. The molecule has 1 aromatic rings. The van der Waals surface area contributed by atoms with Gasteiger partial charge in [0, 0.05) is 26.7 Å². The third-order valence-electron chi connectivity index (χ3n) is 2.98. The van der Waals surface area contributed by atoms with Crippen LogP contribution in [-0.4, -0.2) is 46.9 Å². The lowest BCUT2D eigenvalue weighted by Gasteiger charge is -2.19. The molecule has 2 N–H and O–H groups in total. The Morgan fingerprint density at radius 2 is 2.18 bits per heavy atom. The predicted molar refractivity (Wildman–Crippen MR) is 63.7 cm³/mol. The van der Waals surface area contributed by atoms with Crippen molar-refractivity contribution in [2.75, 3.05) is 32.0 Å². The van der Waals surface area contributed by atoms with Gasteiger partial charge in [-0.1, -0.05) is 0 Å². The van der Waals surface area contributed by atoms with Crippen molar-refractivity contribution in [3.05, 3.63) is 11.4 Å². The Hall–Kier alpha value is -1.56. The number of hydrogen-bond donors (Lipinski definition) is 1. The van der Waals surface area contributed by atoms with E-state index in [0.717, 1.165) is 6.42 Å². The summed E-state index contributed by atoms with van der Waals surface area (Å²) in [6, 6.07) is 0. The van der Waals surface area contributed by atoms with Gasteiger partial charge in [0.2, 0.25) is 0 Å². The van der Waals surface area contributed by atoms with Crippen molar-refractivity contribution in [2.24, 2.45) is 7.05 Å². The number of carbonyl (C=O) groups is 1. The zero-order valence-corrected chi connectivity index (χ0v) is 10.3. The lowest BCUT2D eigenvalue weighted by Crippen LogP contribution is -2.34. The number of amides is 1. The number of aryl methyl sites for hydroxylation is 2. The SMILES string of the molecule is Cc1nn(C)c(C(=O)N2CCCOCC2)c1N. The fourth-order valence-corrected chi connectivity index (χ4v) is 2.03. The molecular formula is C11H18N4O2. The molecule has 0 aliphatic carbocycles. The molecule has 0 aromatic carbocycles. The summed E-state index contributed by atoms with van der Waals surface area (Å²) < 4.78 is 6.88. The third kappa shape index (κ3) is 2.26. The van der Waals surface area contributed by atoms with Gasteiger partial charge < -0.3 is 15.4 Å². The maximum atomic E-state index is 12.3. The summed E-state index contributed by atoms with van der Waals surface area (Å²) >= 11 is 0. The van der Waals surface area contributed by atoms with Crippen molar-refractivity contribution in [3.8, 4) is 0 Å². The van der Waals surface area contributed by atoms with Crippen molar-refractivity contribution >= 4 is 11.6 Å². The average Bonchev–Trinajstić information content (AvgIpc) is 2.52. The summed E-state index contributed by atoms with van der Waals surface area (Å²) in [7, 11) is 1.74. The van der Waals surface area contributed by atoms with Crippen molar-refractivity contribution in [1.82, 2.24) is 14.7 Å². The third-order valence-corrected chi connectivity index (χ3v) is 2.98. The van der Waals surface area contributed by atoms with Crippen molar-refractivity contribution in [1.29, 1.82) is 0 Å². The van der Waals surface area contributed by atoms with Crippen LogP contribution in [0.15, 0.2) is 0 Å². The van der Waals surface area contributed by atoms with Crippen LogP contribution in [0.25, 0.3) is 0 Å². The summed E-state index contributed by atoms with van der Waals surface area (Å²) in [6.07, 6.45) is 0.864. The molecule has 1 amide bonds. The molecule has 6 nitrogen and oxygen atoms in total. The molecule has 0 saturated carbocycles. The van der Waals surface area contributed by atoms with E-state index >= 15 is 0 Å². The topological polar surface area (TPSA) is 73.4 Å². The zero-order chi connectivity index (χ0) is 12.4. The van der Waals surface area contributed by atoms with Gasteiger partial charge in [-0.05, 0) is 13.3 Å². The van der Waals surface area contributed by atoms with Crippen LogP contribution in [0, 0.1) is 6.92 Å². The summed E-state index contributed by atoms with van der Waals surface area (Å²) in [4.78, 5) is 14.1. The van der Waals surface area contributed by atoms with Crippen LogP contribution in [-0.2, 0) is 11.8 Å². The van der Waals surface area contributed by atoms with Gasteiger partial charge >= 0.3 is 0 Å². The molecule has 1 aliphatic rings. The van der Waals surface area contributed by atoms with E-state index in [2.05, 4.69) is 5.10 Å². The summed E-state index contributed by atoms with van der Waals surface area (Å²) in [5.74, 6) is -0.0592. The van der Waals surface area contributed by atoms with E-state index in [1.165, 1.54) is 0 Å². The first-order chi connectivity index (χ1) is 8.11. The number of aromatic nitrogens is 2. The second-order valence-corrected chi connectivity index (χ2v) is 4.23. The van der Waals surface area contributed by atoms with E-state index in [4.69, 9.17) is 10.5 Å². The Bertz CT molecular complexity index is 419. The van der Waals surface area contributed by atoms with Crippen molar-refractivity contribution < 1.29 is 9.53 Å². The van der Waals surface area contributed by atoms with Gasteiger partial charge in [-0.2, -0.15) is 5.10 Å². The van der Waals surface area contributed by atoms with Crippen LogP contribution in [0.4, 0.5) is 5.69 Å². The fraction of sp³-hybridized carbons (Fsp3) is 0.636. The number of anilines is 1. The molecule has 94 valence electrons. The number of nitrogens with zero attached hydrogens (tertiary/aromatic N) is 3. The molecule has 0 atom stereocenters. The van der Waals surface area contributed by atoms with Crippen LogP contribution in [0.2, 0.25) is 0 Å². The van der Waals surface area contributed by atoms with E-state index < -0.39 is 0 Å². The number of hydrogen-bond acceptors (Lipinski definition) is 4. The minimum atomic E-state index is -0.0592. The standard InChI is InChI=1S/C11H18N4O2/c1-8-9(12)10(14(2)13-8)11(16)15-4-3-6-17-7-5-15/h3-7,12H2,1-2H3. The van der Waals surface area contributed by atoms with Gasteiger partial charge in [0.05, 0.1) is 18.0 Å². The Labute approximate surface area is 100 Å². The Morgan fingerprint density at radius 3 is 2.82 bits per heavy atom. The summed E-state index contributed by atoms with van der Waals surface area (Å²) in [5.41, 5.74) is 7.54. The van der Waals surface area contributed by atoms with Gasteiger partial charge in [-0.3, -0.25) is 9.48 Å². The smallest absolute Gasteiger partial charge is 0.274 e. The van der Waals surface area contributed by atoms with E-state index in [0.29, 0.717) is 43.4 Å². The highest BCUT2D eigenvalue weighted by molar-refractivity contribution is 5.98. The van der Waals surface area contributed by atoms with Crippen LogP contribution in [0.1, 0.15) is 22.6 Å². The second kappa shape index (κ2) is 4.75. The van der Waals surface area contributed by atoms with Gasteiger partial charge in [-0.25, -0.2) is 0 Å². The van der Waals surface area contributed by atoms with Crippen molar-refractivity contribution in [3.63, 3.8) is 0 Å². The lowest BCUT2D eigenvalue weighted by atomic mass is 10.2. The Morgan fingerprint density at radius 1 is 1.41 bits per heavy atom. The maximum Gasteiger partial charge on any atom is 0.274 e. The molecule has 1 saturated heterocycles. The second-order valence-electron chi connectivity index (χ2n) is 4.23. The summed E-state index contributed by atoms with van der Waals surface area (Å²) in [6.45, 7) is 4.43. The van der Waals surface area contributed by atoms with Gasteiger partial charge in [0.15, 0.2) is 0 Å². The van der Waals surface area contributed by atoms with Gasteiger partial charge in [0.25, 0.3) is 5.91 Å². The fourth-order valence-electron chi connectivity index (χ4n) is 2.03. The van der Waals surface area contributed by atoms with Crippen LogP contribution >= 0.6 is 0 Å². The monoisotopic (exact) mass is 238 g/mol. The Kier molecular flexibility index (Phi) is 3.33. The quantitative estimate of drug-likeness (QED) is 0.757. The van der Waals surface area contributed by atoms with Crippen LogP contribution in [0.5, 0.6) is 0 Å². The number of nitrogen functional groups attached to an aromatic ring is 1. The van der Waals surface area contributed by atoms with Gasteiger partial charge in [0.1, 0.15) is 5.69 Å². The number of carbonyl (C=O) groups excluding carboxylic acids is 1. The molecule has 1 aromatic heterocycles. The molecule has 1 fully saturated rings. The molecule has 0 radical (unpaired) electrons. The molecule has 2 rings (SSSR count). The first-order valence-electron chi connectivity index (χ1n) is 5.77. The first-order valence-corrected chi connectivity index (χ1v) is 5.77. The van der Waals surface area contributed by atoms with Crippen LogP contribution < -0.4 is 5.73 Å². The molecule has 17 heavy (non-hydrogen) atoms. The molecule has 0 bridgehead atoms. The number of ether oxygens (including phenoxy) is 1. The molecular weight excluding hydrogens is 220 g/mol. The van der Waals surface area contributed by atoms with E-state index in [-0.39, 0.29) is 5.91 Å². The normalized spacial score (nSPS) is 16.9. The van der Waals surface area contributed by atoms with Gasteiger partial charge in [-0.15, -0.1) is 0 Å². The predicted octanol–water partition coefficient (Wildman–Crippen LogP) is 0.173. The molecule has 0 unspecified atom stereocenters. The molecule has 2 heterocycles. The number of rotatable bonds is 1. The summed E-state index contributed by atoms with van der Waals surface area (Å²) in [5, 5.41) is 4.16. The minimum absolute atomic E-state index is 0.0592. The highest BCUT2D eigenvalue weighted by Gasteiger charge is 2.24. The number of nitrogens with two attached hydrogens (primary N) is 1. The maximum absolute atomic E-state index is 12.3.